The van der Waals surface area contributed by atoms with Crippen LogP contribution in [0.2, 0.25) is 0 Å². The third-order valence-corrected chi connectivity index (χ3v) is 5.17. The lowest BCUT2D eigenvalue weighted by Gasteiger charge is -2.52. The molecule has 0 unspecified atom stereocenters. The Bertz CT molecular complexity index is 177. The van der Waals surface area contributed by atoms with Gasteiger partial charge in [-0.25, -0.2) is 0 Å². The third kappa shape index (κ3) is 2.66. The fraction of sp³-hybridized carbons (Fsp3) is 1.00. The Morgan fingerprint density at radius 2 is 1.93 bits per heavy atom. The van der Waals surface area contributed by atoms with Crippen LogP contribution in [0.25, 0.3) is 0 Å². The lowest BCUT2D eigenvalue weighted by molar-refractivity contribution is 0.102. The van der Waals surface area contributed by atoms with Crippen LogP contribution in [0.5, 0.6) is 0 Å². The van der Waals surface area contributed by atoms with Crippen molar-refractivity contribution in [3.63, 3.8) is 0 Å². The van der Waals surface area contributed by atoms with Crippen LogP contribution in [0.15, 0.2) is 0 Å². The monoisotopic (exact) mass is 215 g/mol. The Balaban J connectivity index is 2.40. The highest BCUT2D eigenvalue weighted by molar-refractivity contribution is 8.00. The van der Waals surface area contributed by atoms with Crippen LogP contribution in [0.3, 0.4) is 0 Å². The summed E-state index contributed by atoms with van der Waals surface area (Å²) in [5, 5.41) is 0. The summed E-state index contributed by atoms with van der Waals surface area (Å²) in [7, 11) is 0. The summed E-state index contributed by atoms with van der Waals surface area (Å²) in [5.41, 5.74) is 6.37. The first-order chi connectivity index (χ1) is 6.43. The van der Waals surface area contributed by atoms with Gasteiger partial charge in [-0.2, -0.15) is 11.8 Å². The smallest absolute Gasteiger partial charge is 0.0287 e. The molecule has 0 heterocycles. The van der Waals surface area contributed by atoms with E-state index in [1.54, 1.807) is 0 Å². The van der Waals surface area contributed by atoms with Gasteiger partial charge in [0.1, 0.15) is 0 Å². The maximum absolute atomic E-state index is 5.89. The van der Waals surface area contributed by atoms with Gasteiger partial charge in [-0.05, 0) is 36.3 Å². The summed E-state index contributed by atoms with van der Waals surface area (Å²) in [5.74, 6) is 2.16. The highest BCUT2D eigenvalue weighted by Crippen LogP contribution is 2.53. The first-order valence-electron chi connectivity index (χ1n) is 5.77. The van der Waals surface area contributed by atoms with E-state index in [9.17, 15) is 0 Å². The van der Waals surface area contributed by atoms with Crippen LogP contribution in [0.4, 0.5) is 0 Å². The summed E-state index contributed by atoms with van der Waals surface area (Å²) < 4.78 is 0.438. The zero-order chi connectivity index (χ0) is 10.8. The summed E-state index contributed by atoms with van der Waals surface area (Å²) in [6, 6.07) is 0. The van der Waals surface area contributed by atoms with E-state index in [2.05, 4.69) is 39.5 Å². The number of thioether (sulfide) groups is 1. The molecule has 0 aliphatic heterocycles. The second kappa shape index (κ2) is 4.44. The van der Waals surface area contributed by atoms with Gasteiger partial charge in [-0.3, -0.25) is 0 Å². The Morgan fingerprint density at radius 3 is 2.29 bits per heavy atom. The lowest BCUT2D eigenvalue weighted by Crippen LogP contribution is -2.51. The number of nitrogens with two attached hydrogens (primary N) is 1. The molecule has 1 aliphatic carbocycles. The van der Waals surface area contributed by atoms with E-state index in [-0.39, 0.29) is 0 Å². The van der Waals surface area contributed by atoms with Crippen molar-refractivity contribution < 1.29 is 0 Å². The third-order valence-electron chi connectivity index (χ3n) is 3.45. The van der Waals surface area contributed by atoms with Crippen LogP contribution in [0, 0.1) is 11.3 Å². The second-order valence-corrected chi connectivity index (χ2v) is 7.27. The van der Waals surface area contributed by atoms with E-state index in [4.69, 9.17) is 5.73 Å². The van der Waals surface area contributed by atoms with Crippen molar-refractivity contribution in [2.24, 2.45) is 17.1 Å². The van der Waals surface area contributed by atoms with Gasteiger partial charge < -0.3 is 5.73 Å². The average Bonchev–Trinajstić information content (AvgIpc) is 2.01. The van der Waals surface area contributed by atoms with Crippen molar-refractivity contribution >= 4 is 11.8 Å². The van der Waals surface area contributed by atoms with Crippen LogP contribution >= 0.6 is 11.8 Å². The highest BCUT2D eigenvalue weighted by Gasteiger charge is 2.47. The molecule has 1 nitrogen and oxygen atoms in total. The van der Waals surface area contributed by atoms with Crippen molar-refractivity contribution in [1.29, 1.82) is 0 Å². The predicted octanol–water partition coefficient (Wildman–Crippen LogP) is 3.28. The van der Waals surface area contributed by atoms with Crippen molar-refractivity contribution in [3.8, 4) is 0 Å². The van der Waals surface area contributed by atoms with Crippen LogP contribution in [-0.4, -0.2) is 17.0 Å². The first kappa shape index (κ1) is 12.4. The van der Waals surface area contributed by atoms with Crippen LogP contribution in [-0.2, 0) is 0 Å². The predicted molar refractivity (Wildman–Crippen MR) is 66.7 cm³/mol. The van der Waals surface area contributed by atoms with Gasteiger partial charge in [0.05, 0.1) is 0 Å². The van der Waals surface area contributed by atoms with E-state index < -0.39 is 0 Å². The lowest BCUT2D eigenvalue weighted by atomic mass is 9.62. The van der Waals surface area contributed by atoms with E-state index in [1.165, 1.54) is 25.0 Å². The second-order valence-electron chi connectivity index (χ2n) is 5.71. The quantitative estimate of drug-likeness (QED) is 0.779. The van der Waals surface area contributed by atoms with Crippen molar-refractivity contribution in [3.05, 3.63) is 0 Å². The molecule has 2 N–H and O–H groups in total. The average molecular weight is 215 g/mol. The number of hydrogen-bond acceptors (Lipinski definition) is 2. The molecule has 14 heavy (non-hydrogen) atoms. The minimum absolute atomic E-state index is 0.438. The zero-order valence-corrected chi connectivity index (χ0v) is 10.9. The fourth-order valence-electron chi connectivity index (χ4n) is 2.11. The van der Waals surface area contributed by atoms with Crippen molar-refractivity contribution in [2.45, 2.75) is 51.7 Å². The van der Waals surface area contributed by atoms with E-state index in [0.717, 1.165) is 12.5 Å². The van der Waals surface area contributed by atoms with Gasteiger partial charge in [-0.1, -0.05) is 27.7 Å². The summed E-state index contributed by atoms with van der Waals surface area (Å²) >= 11 is 2.11. The molecule has 0 radical (unpaired) electrons. The molecular weight excluding hydrogens is 190 g/mol. The number of hydrogen-bond donors (Lipinski definition) is 1. The number of rotatable bonds is 4. The van der Waals surface area contributed by atoms with Gasteiger partial charge in [-0.15, -0.1) is 0 Å². The molecule has 1 aliphatic rings. The summed E-state index contributed by atoms with van der Waals surface area (Å²) in [6.45, 7) is 10.2. The van der Waals surface area contributed by atoms with E-state index in [0.29, 0.717) is 10.2 Å². The molecule has 1 rings (SSSR count). The van der Waals surface area contributed by atoms with Gasteiger partial charge in [0.25, 0.3) is 0 Å². The molecule has 0 amide bonds. The minimum atomic E-state index is 0.438. The van der Waals surface area contributed by atoms with E-state index in [1.807, 2.05) is 0 Å². The first-order valence-corrected chi connectivity index (χ1v) is 6.76. The van der Waals surface area contributed by atoms with Crippen LogP contribution < -0.4 is 5.73 Å². The molecule has 0 aromatic heterocycles. The topological polar surface area (TPSA) is 26.0 Å². The molecule has 84 valence electrons. The molecular formula is C12H25NS. The normalized spacial score (nSPS) is 32.8. The minimum Gasteiger partial charge on any atom is -0.329 e. The SMILES string of the molecule is CCCSC1(CN)CC(C(C)(C)C)C1. The molecule has 0 aromatic rings. The Labute approximate surface area is 93.2 Å². The molecule has 2 heteroatoms. The largest absolute Gasteiger partial charge is 0.329 e. The van der Waals surface area contributed by atoms with Gasteiger partial charge in [0.15, 0.2) is 0 Å². The molecule has 1 saturated carbocycles. The molecule has 0 atom stereocenters. The zero-order valence-electron chi connectivity index (χ0n) is 10.1. The van der Waals surface area contributed by atoms with Gasteiger partial charge >= 0.3 is 0 Å². The fourth-order valence-corrected chi connectivity index (χ4v) is 3.51. The van der Waals surface area contributed by atoms with Crippen molar-refractivity contribution in [2.75, 3.05) is 12.3 Å². The van der Waals surface area contributed by atoms with Crippen LogP contribution in [0.1, 0.15) is 47.0 Å². The maximum Gasteiger partial charge on any atom is 0.0287 e. The van der Waals surface area contributed by atoms with Gasteiger partial charge in [0.2, 0.25) is 0 Å². The molecule has 1 fully saturated rings. The maximum atomic E-state index is 5.89. The van der Waals surface area contributed by atoms with Gasteiger partial charge in [0, 0.05) is 11.3 Å². The summed E-state index contributed by atoms with van der Waals surface area (Å²) in [6.07, 6.45) is 3.93. The molecule has 0 spiro atoms. The Morgan fingerprint density at radius 1 is 1.36 bits per heavy atom. The Hall–Kier alpha value is 0.310. The van der Waals surface area contributed by atoms with E-state index >= 15 is 0 Å². The molecule has 0 saturated heterocycles. The van der Waals surface area contributed by atoms with Crippen molar-refractivity contribution in [1.82, 2.24) is 0 Å². The molecule has 0 bridgehead atoms. The Kier molecular flexibility index (Phi) is 3.93. The standard InChI is InChI=1S/C12H25NS/c1-5-6-14-12(9-13)7-10(8-12)11(2,3)4/h10H,5-9,13H2,1-4H3. The summed E-state index contributed by atoms with van der Waals surface area (Å²) in [4.78, 5) is 0. The highest BCUT2D eigenvalue weighted by atomic mass is 32.2. The molecule has 0 aromatic carbocycles.